The summed E-state index contributed by atoms with van der Waals surface area (Å²) in [6, 6.07) is 17.4. The normalized spacial score (nSPS) is 17.9. The van der Waals surface area contributed by atoms with Gasteiger partial charge in [-0.1, -0.05) is 30.3 Å². The van der Waals surface area contributed by atoms with Crippen LogP contribution in [0.5, 0.6) is 5.75 Å². The zero-order valence-corrected chi connectivity index (χ0v) is 17.6. The molecule has 1 aliphatic carbocycles. The number of nitrogens with zero attached hydrogens (tertiary/aromatic N) is 1. The molecule has 2 atom stereocenters. The van der Waals surface area contributed by atoms with Gasteiger partial charge in [0, 0.05) is 18.3 Å². The molecule has 1 saturated carbocycles. The highest BCUT2D eigenvalue weighted by Crippen LogP contribution is 2.41. The van der Waals surface area contributed by atoms with Crippen LogP contribution in [0.15, 0.2) is 54.6 Å². The Labute approximate surface area is 173 Å². The molecule has 2 amide bonds. The number of hydrogen-bond donors (Lipinski definition) is 1. The zero-order chi connectivity index (χ0) is 21.0. The van der Waals surface area contributed by atoms with E-state index in [1.54, 1.807) is 0 Å². The molecule has 0 saturated heterocycles. The number of ether oxygens (including phenoxy) is 1. The fourth-order valence-electron chi connectivity index (χ4n) is 3.39. The molecular formula is C24H30N2O3. The fourth-order valence-corrected chi connectivity index (χ4v) is 3.39. The van der Waals surface area contributed by atoms with Crippen LogP contribution in [0, 0.1) is 11.8 Å². The van der Waals surface area contributed by atoms with Gasteiger partial charge in [0.15, 0.2) is 0 Å². The van der Waals surface area contributed by atoms with Crippen LogP contribution in [0.25, 0.3) is 0 Å². The number of rotatable bonds is 8. The first kappa shape index (κ1) is 20.9. The van der Waals surface area contributed by atoms with E-state index < -0.39 is 0 Å². The van der Waals surface area contributed by atoms with E-state index in [0.717, 1.165) is 11.3 Å². The molecule has 2 aromatic carbocycles. The Morgan fingerprint density at radius 1 is 1.00 bits per heavy atom. The minimum absolute atomic E-state index is 0.0599. The first-order valence-corrected chi connectivity index (χ1v) is 10.3. The van der Waals surface area contributed by atoms with E-state index in [1.807, 2.05) is 87.2 Å². The highest BCUT2D eigenvalue weighted by atomic mass is 16.5. The lowest BCUT2D eigenvalue weighted by atomic mass is 10.1. The predicted octanol–water partition coefficient (Wildman–Crippen LogP) is 4.49. The minimum atomic E-state index is -0.258. The molecule has 5 heteroatoms. The van der Waals surface area contributed by atoms with Crippen molar-refractivity contribution in [3.05, 3.63) is 60.2 Å². The lowest BCUT2D eigenvalue weighted by Gasteiger charge is -2.27. The Morgan fingerprint density at radius 2 is 1.66 bits per heavy atom. The number of nitrogens with one attached hydrogen (secondary N) is 1. The van der Waals surface area contributed by atoms with Gasteiger partial charge in [-0.15, -0.1) is 0 Å². The molecule has 0 aliphatic heterocycles. The van der Waals surface area contributed by atoms with Crippen molar-refractivity contribution in [2.75, 3.05) is 5.32 Å². The molecule has 0 heterocycles. The molecular weight excluding hydrogens is 364 g/mol. The third-order valence-electron chi connectivity index (χ3n) is 5.04. The van der Waals surface area contributed by atoms with E-state index in [-0.39, 0.29) is 35.8 Å². The highest BCUT2D eigenvalue weighted by molar-refractivity contribution is 5.99. The van der Waals surface area contributed by atoms with Crippen molar-refractivity contribution < 1.29 is 14.3 Å². The summed E-state index contributed by atoms with van der Waals surface area (Å²) in [5.74, 6) is 0.246. The Balaban J connectivity index is 1.57. The quantitative estimate of drug-likeness (QED) is 0.718. The smallest absolute Gasteiger partial charge is 0.228 e. The predicted molar refractivity (Wildman–Crippen MR) is 115 cm³/mol. The number of anilines is 1. The molecule has 2 aromatic rings. The second kappa shape index (κ2) is 9.12. The summed E-state index contributed by atoms with van der Waals surface area (Å²) in [4.78, 5) is 27.5. The van der Waals surface area contributed by atoms with Crippen LogP contribution in [0.3, 0.4) is 0 Å². The van der Waals surface area contributed by atoms with Crippen molar-refractivity contribution in [1.82, 2.24) is 4.90 Å². The molecule has 0 radical (unpaired) electrons. The van der Waals surface area contributed by atoms with Gasteiger partial charge in [0.2, 0.25) is 11.8 Å². The molecule has 1 fully saturated rings. The summed E-state index contributed by atoms with van der Waals surface area (Å²) >= 11 is 0. The molecule has 0 spiro atoms. The average molecular weight is 395 g/mol. The monoisotopic (exact) mass is 394 g/mol. The molecule has 29 heavy (non-hydrogen) atoms. The molecule has 2 unspecified atom stereocenters. The van der Waals surface area contributed by atoms with Gasteiger partial charge in [-0.05, 0) is 63.9 Å². The van der Waals surface area contributed by atoms with Gasteiger partial charge in [-0.25, -0.2) is 0 Å². The zero-order valence-electron chi connectivity index (χ0n) is 17.6. The van der Waals surface area contributed by atoms with Crippen LogP contribution in [-0.4, -0.2) is 28.9 Å². The van der Waals surface area contributed by atoms with Gasteiger partial charge < -0.3 is 15.0 Å². The second-order valence-corrected chi connectivity index (χ2v) is 8.17. The van der Waals surface area contributed by atoms with Gasteiger partial charge in [-0.2, -0.15) is 0 Å². The average Bonchev–Trinajstić information content (AvgIpc) is 3.48. The lowest BCUT2D eigenvalue weighted by molar-refractivity contribution is -0.136. The van der Waals surface area contributed by atoms with E-state index in [2.05, 4.69) is 5.32 Å². The number of benzene rings is 2. The van der Waals surface area contributed by atoms with Gasteiger partial charge >= 0.3 is 0 Å². The minimum Gasteiger partial charge on any atom is -0.491 e. The second-order valence-electron chi connectivity index (χ2n) is 8.17. The molecule has 5 nitrogen and oxygen atoms in total. The van der Waals surface area contributed by atoms with E-state index in [0.29, 0.717) is 18.7 Å². The van der Waals surface area contributed by atoms with Crippen molar-refractivity contribution in [1.29, 1.82) is 0 Å². The van der Waals surface area contributed by atoms with Crippen molar-refractivity contribution >= 4 is 17.5 Å². The lowest BCUT2D eigenvalue weighted by Crippen LogP contribution is -2.38. The fraction of sp³-hybridized carbons (Fsp3) is 0.417. The maximum atomic E-state index is 13.0. The van der Waals surface area contributed by atoms with Gasteiger partial charge in [0.05, 0.1) is 17.9 Å². The standard InChI is InChI=1S/C24H30N2O3/c1-16(2)26(15-18-8-6-5-7-9-18)24(28)22-14-21(22)23(27)25-19-10-12-20(13-11-19)29-17(3)4/h5-13,16-17,21-22H,14-15H2,1-4H3,(H,25,27). The Morgan fingerprint density at radius 3 is 2.24 bits per heavy atom. The van der Waals surface area contributed by atoms with Crippen molar-refractivity contribution in [2.45, 2.75) is 52.8 Å². The summed E-state index contributed by atoms with van der Waals surface area (Å²) in [5, 5.41) is 2.92. The molecule has 1 N–H and O–H groups in total. The number of carbonyl (C=O) groups excluding carboxylic acids is 2. The van der Waals surface area contributed by atoms with Crippen LogP contribution in [0.1, 0.15) is 39.7 Å². The Kier molecular flexibility index (Phi) is 6.57. The summed E-state index contributed by atoms with van der Waals surface area (Å²) in [6.07, 6.45) is 0.713. The van der Waals surface area contributed by atoms with Crippen LogP contribution >= 0.6 is 0 Å². The molecule has 3 rings (SSSR count). The number of amides is 2. The third-order valence-corrected chi connectivity index (χ3v) is 5.04. The van der Waals surface area contributed by atoms with Crippen molar-refractivity contribution in [2.24, 2.45) is 11.8 Å². The molecule has 0 aromatic heterocycles. The maximum absolute atomic E-state index is 13.0. The molecule has 1 aliphatic rings. The summed E-state index contributed by atoms with van der Waals surface area (Å²) in [7, 11) is 0. The van der Waals surface area contributed by atoms with Crippen molar-refractivity contribution in [3.63, 3.8) is 0 Å². The topological polar surface area (TPSA) is 58.6 Å². The first-order valence-electron chi connectivity index (χ1n) is 10.3. The van der Waals surface area contributed by atoms with Gasteiger partial charge in [-0.3, -0.25) is 9.59 Å². The largest absolute Gasteiger partial charge is 0.491 e. The van der Waals surface area contributed by atoms with Crippen molar-refractivity contribution in [3.8, 4) is 5.75 Å². The van der Waals surface area contributed by atoms with Gasteiger partial charge in [0.25, 0.3) is 0 Å². The summed E-state index contributed by atoms with van der Waals surface area (Å²) < 4.78 is 5.62. The SMILES string of the molecule is CC(C)Oc1ccc(NC(=O)C2CC2C(=O)N(Cc2ccccc2)C(C)C)cc1. The third kappa shape index (κ3) is 5.59. The summed E-state index contributed by atoms with van der Waals surface area (Å²) in [6.45, 7) is 8.54. The summed E-state index contributed by atoms with van der Waals surface area (Å²) in [5.41, 5.74) is 1.81. The van der Waals surface area contributed by atoms with E-state index in [1.165, 1.54) is 0 Å². The molecule has 0 bridgehead atoms. The van der Waals surface area contributed by atoms with Crippen LogP contribution in [0.4, 0.5) is 5.69 Å². The van der Waals surface area contributed by atoms with E-state index in [9.17, 15) is 9.59 Å². The van der Waals surface area contributed by atoms with Crippen LogP contribution < -0.4 is 10.1 Å². The van der Waals surface area contributed by atoms with E-state index >= 15 is 0 Å². The molecule has 154 valence electrons. The highest BCUT2D eigenvalue weighted by Gasteiger charge is 2.49. The Bertz CT molecular complexity index is 831. The van der Waals surface area contributed by atoms with Crippen LogP contribution in [-0.2, 0) is 16.1 Å². The first-order chi connectivity index (χ1) is 13.8. The van der Waals surface area contributed by atoms with Gasteiger partial charge in [0.1, 0.15) is 5.75 Å². The number of carbonyl (C=O) groups is 2. The maximum Gasteiger partial charge on any atom is 0.228 e. The number of hydrogen-bond acceptors (Lipinski definition) is 3. The van der Waals surface area contributed by atoms with Crippen LogP contribution in [0.2, 0.25) is 0 Å². The van der Waals surface area contributed by atoms with E-state index in [4.69, 9.17) is 4.74 Å². The Hall–Kier alpha value is -2.82.